The molecule has 1 aliphatic heterocycles. The van der Waals surface area contributed by atoms with Crippen molar-refractivity contribution in [3.63, 3.8) is 0 Å². The summed E-state index contributed by atoms with van der Waals surface area (Å²) < 4.78 is 46.0. The van der Waals surface area contributed by atoms with Crippen LogP contribution in [-0.4, -0.2) is 31.8 Å². The summed E-state index contributed by atoms with van der Waals surface area (Å²) in [7, 11) is -3.65. The van der Waals surface area contributed by atoms with Crippen LogP contribution in [0.3, 0.4) is 0 Å². The van der Waals surface area contributed by atoms with Crippen LogP contribution in [0, 0.1) is 5.82 Å². The van der Waals surface area contributed by atoms with Crippen LogP contribution in [-0.2, 0) is 14.8 Å². The average Bonchev–Trinajstić information content (AvgIpc) is 2.83. The molecule has 0 saturated carbocycles. The maximum atomic E-state index is 13.5. The van der Waals surface area contributed by atoms with Crippen LogP contribution in [0.5, 0.6) is 0 Å². The Labute approximate surface area is 142 Å². The molecular weight excluding hydrogens is 353 g/mol. The number of fused-ring (bicyclic) bond motifs is 1. The van der Waals surface area contributed by atoms with E-state index in [9.17, 15) is 17.6 Å². The number of sulfonamides is 1. The van der Waals surface area contributed by atoms with Crippen molar-refractivity contribution in [3.8, 4) is 0 Å². The number of carbonyl (C=O) groups excluding carboxylic acids is 1. The molecule has 124 valence electrons. The first kappa shape index (κ1) is 16.7. The molecule has 0 N–H and O–H groups in total. The number of halogens is 1. The first-order valence-electron chi connectivity index (χ1n) is 6.98. The van der Waals surface area contributed by atoms with Gasteiger partial charge in [-0.25, -0.2) is 9.18 Å². The molecule has 0 unspecified atom stereocenters. The number of thioether (sulfide) groups is 1. The van der Waals surface area contributed by atoms with Gasteiger partial charge >= 0.3 is 5.97 Å². The third kappa shape index (κ3) is 3.34. The number of ether oxygens (including phenoxy) is 1. The van der Waals surface area contributed by atoms with Crippen LogP contribution in [0.4, 0.5) is 4.39 Å². The minimum atomic E-state index is -3.65. The smallest absolute Gasteiger partial charge is 0.341 e. The van der Waals surface area contributed by atoms with Crippen LogP contribution in [0.2, 0.25) is 0 Å². The Bertz CT molecular complexity index is 925. The topological polar surface area (TPSA) is 72.8 Å². The van der Waals surface area contributed by atoms with Crippen molar-refractivity contribution in [2.24, 2.45) is 4.40 Å². The number of nitrogens with zero attached hydrogens (tertiary/aromatic N) is 1. The standard InChI is InChI=1S/C16H12FNO4S2/c17-13-7-3-1-5-11(13)16(19)22-9-10-23-15-12-6-2-4-8-14(12)24(20,21)18-15/h1-8H,9-10H2. The van der Waals surface area contributed by atoms with Gasteiger partial charge in [0.2, 0.25) is 0 Å². The van der Waals surface area contributed by atoms with Crippen molar-refractivity contribution < 1.29 is 22.3 Å². The minimum Gasteiger partial charge on any atom is -0.461 e. The molecule has 0 aromatic heterocycles. The van der Waals surface area contributed by atoms with Crippen molar-refractivity contribution in [2.75, 3.05) is 12.4 Å². The maximum Gasteiger partial charge on any atom is 0.341 e. The third-order valence-corrected chi connectivity index (χ3v) is 5.65. The quantitative estimate of drug-likeness (QED) is 0.615. The Morgan fingerprint density at radius 1 is 1.12 bits per heavy atom. The van der Waals surface area contributed by atoms with Crippen molar-refractivity contribution in [2.45, 2.75) is 4.90 Å². The normalized spacial score (nSPS) is 14.8. The molecular formula is C16H12FNO4S2. The number of hydrogen-bond acceptors (Lipinski definition) is 5. The van der Waals surface area contributed by atoms with Gasteiger partial charge in [-0.05, 0) is 18.2 Å². The zero-order valence-electron chi connectivity index (χ0n) is 12.3. The van der Waals surface area contributed by atoms with Crippen molar-refractivity contribution in [1.82, 2.24) is 0 Å². The second kappa shape index (κ2) is 6.74. The van der Waals surface area contributed by atoms with E-state index >= 15 is 0 Å². The van der Waals surface area contributed by atoms with Crippen LogP contribution < -0.4 is 0 Å². The highest BCUT2D eigenvalue weighted by Crippen LogP contribution is 2.30. The molecule has 24 heavy (non-hydrogen) atoms. The molecule has 3 rings (SSSR count). The Balaban J connectivity index is 1.58. The molecule has 0 fully saturated rings. The molecule has 2 aromatic carbocycles. The van der Waals surface area contributed by atoms with Gasteiger partial charge in [0.1, 0.15) is 17.5 Å². The SMILES string of the molecule is O=C(OCCSC1=NS(=O)(=O)c2ccccc21)c1ccccc1F. The van der Waals surface area contributed by atoms with Crippen molar-refractivity contribution >= 4 is 32.8 Å². The largest absolute Gasteiger partial charge is 0.461 e. The molecule has 0 aliphatic carbocycles. The first-order chi connectivity index (χ1) is 11.5. The lowest BCUT2D eigenvalue weighted by molar-refractivity contribution is 0.0525. The molecule has 5 nitrogen and oxygen atoms in total. The van der Waals surface area contributed by atoms with Gasteiger partial charge in [-0.1, -0.05) is 30.3 Å². The lowest BCUT2D eigenvalue weighted by atomic mass is 10.2. The zero-order chi connectivity index (χ0) is 17.2. The predicted molar refractivity (Wildman–Crippen MR) is 89.3 cm³/mol. The fourth-order valence-electron chi connectivity index (χ4n) is 2.16. The fourth-order valence-corrected chi connectivity index (χ4v) is 4.53. The summed E-state index contributed by atoms with van der Waals surface area (Å²) in [6.45, 7) is 0.0130. The van der Waals surface area contributed by atoms with E-state index in [1.807, 2.05) is 0 Å². The van der Waals surface area contributed by atoms with E-state index in [1.54, 1.807) is 24.3 Å². The molecule has 2 aromatic rings. The van der Waals surface area contributed by atoms with E-state index in [1.165, 1.54) is 36.0 Å². The first-order valence-corrected chi connectivity index (χ1v) is 9.40. The lowest BCUT2D eigenvalue weighted by Crippen LogP contribution is -2.10. The second-order valence-electron chi connectivity index (χ2n) is 4.83. The fraction of sp³-hybridized carbons (Fsp3) is 0.125. The van der Waals surface area contributed by atoms with E-state index in [0.29, 0.717) is 16.4 Å². The summed E-state index contributed by atoms with van der Waals surface area (Å²) in [5, 5.41) is 0.368. The van der Waals surface area contributed by atoms with Gasteiger partial charge in [-0.2, -0.15) is 12.8 Å². The Morgan fingerprint density at radius 3 is 2.62 bits per heavy atom. The Kier molecular flexibility index (Phi) is 4.68. The van der Waals surface area contributed by atoms with Crippen molar-refractivity contribution in [1.29, 1.82) is 0 Å². The zero-order valence-corrected chi connectivity index (χ0v) is 13.9. The highest BCUT2D eigenvalue weighted by Gasteiger charge is 2.28. The third-order valence-electron chi connectivity index (χ3n) is 3.25. The number of carbonyl (C=O) groups is 1. The summed E-state index contributed by atoms with van der Waals surface area (Å²) in [5.74, 6) is -1.09. The molecule has 0 amide bonds. The Morgan fingerprint density at radius 2 is 1.83 bits per heavy atom. The maximum absolute atomic E-state index is 13.5. The molecule has 0 saturated heterocycles. The monoisotopic (exact) mass is 365 g/mol. The molecule has 0 atom stereocenters. The molecule has 0 bridgehead atoms. The van der Waals surface area contributed by atoms with Crippen LogP contribution in [0.1, 0.15) is 15.9 Å². The van der Waals surface area contributed by atoms with Crippen molar-refractivity contribution in [3.05, 3.63) is 65.5 Å². The summed E-state index contributed by atoms with van der Waals surface area (Å²) in [4.78, 5) is 11.9. The van der Waals surface area contributed by atoms with Crippen LogP contribution in [0.25, 0.3) is 0 Å². The van der Waals surface area contributed by atoms with Crippen LogP contribution >= 0.6 is 11.8 Å². The summed E-state index contributed by atoms with van der Waals surface area (Å²) in [6.07, 6.45) is 0. The second-order valence-corrected chi connectivity index (χ2v) is 7.49. The van der Waals surface area contributed by atoms with E-state index in [4.69, 9.17) is 4.74 Å². The lowest BCUT2D eigenvalue weighted by Gasteiger charge is -2.05. The molecule has 0 spiro atoms. The summed E-state index contributed by atoms with van der Waals surface area (Å²) in [5.41, 5.74) is 0.413. The highest BCUT2D eigenvalue weighted by atomic mass is 32.2. The van der Waals surface area contributed by atoms with Gasteiger partial charge in [0.05, 0.1) is 10.5 Å². The van der Waals surface area contributed by atoms with Gasteiger partial charge in [-0.15, -0.1) is 11.8 Å². The van der Waals surface area contributed by atoms with Gasteiger partial charge in [0, 0.05) is 11.3 Å². The number of benzene rings is 2. The van der Waals surface area contributed by atoms with Crippen LogP contribution in [0.15, 0.2) is 57.8 Å². The average molecular weight is 365 g/mol. The molecule has 8 heteroatoms. The molecule has 1 aliphatic rings. The number of rotatable bonds is 4. The van der Waals surface area contributed by atoms with Gasteiger partial charge in [0.25, 0.3) is 10.0 Å². The highest BCUT2D eigenvalue weighted by molar-refractivity contribution is 8.15. The van der Waals surface area contributed by atoms with Gasteiger partial charge in [0.15, 0.2) is 0 Å². The van der Waals surface area contributed by atoms with E-state index in [2.05, 4.69) is 4.40 Å². The van der Waals surface area contributed by atoms with Gasteiger partial charge in [-0.3, -0.25) is 0 Å². The number of hydrogen-bond donors (Lipinski definition) is 0. The molecule has 0 radical (unpaired) electrons. The molecule has 1 heterocycles. The van der Waals surface area contributed by atoms with E-state index < -0.39 is 21.8 Å². The van der Waals surface area contributed by atoms with Gasteiger partial charge < -0.3 is 4.74 Å². The van der Waals surface area contributed by atoms with E-state index in [-0.39, 0.29) is 17.1 Å². The summed E-state index contributed by atoms with van der Waals surface area (Å²) in [6, 6.07) is 12.1. The predicted octanol–water partition coefficient (Wildman–Crippen LogP) is 2.86. The summed E-state index contributed by atoms with van der Waals surface area (Å²) >= 11 is 1.17. The number of esters is 1. The minimum absolute atomic E-state index is 0.0130. The Hall–Kier alpha value is -2.19. The van der Waals surface area contributed by atoms with E-state index in [0.717, 1.165) is 0 Å².